The third-order valence-corrected chi connectivity index (χ3v) is 7.98. The van der Waals surface area contributed by atoms with E-state index in [4.69, 9.17) is 4.18 Å². The SMILES string of the molecule is Cc1ccc(S(=O)(=O)Oc2cc(-c3ccccc3)c(C#N)c3sc(-c4ccccc4)cc23)cc1. The van der Waals surface area contributed by atoms with E-state index in [1.54, 1.807) is 18.2 Å². The number of nitriles is 1. The zero-order valence-electron chi connectivity index (χ0n) is 18.2. The highest BCUT2D eigenvalue weighted by molar-refractivity contribution is 7.87. The minimum atomic E-state index is -4.07. The van der Waals surface area contributed by atoms with Gasteiger partial charge in [-0.2, -0.15) is 13.7 Å². The Morgan fingerprint density at radius 2 is 1.44 bits per heavy atom. The van der Waals surface area contributed by atoms with Crippen molar-refractivity contribution in [3.05, 3.63) is 108 Å². The molecule has 4 nitrogen and oxygen atoms in total. The molecule has 0 aliphatic rings. The summed E-state index contributed by atoms with van der Waals surface area (Å²) in [5.41, 5.74) is 3.88. The van der Waals surface area contributed by atoms with Crippen molar-refractivity contribution in [3.8, 4) is 33.4 Å². The monoisotopic (exact) mass is 481 g/mol. The Morgan fingerprint density at radius 3 is 2.06 bits per heavy atom. The van der Waals surface area contributed by atoms with Crippen LogP contribution in [0.3, 0.4) is 0 Å². The standard InChI is InChI=1S/C28H19NO3S2/c1-19-12-14-22(15-13-19)34(30,31)32-26-16-23(20-8-4-2-5-9-20)25(18-29)28-24(26)17-27(33-28)21-10-6-3-7-11-21/h2-17H,1H3. The van der Waals surface area contributed by atoms with Crippen LogP contribution in [0.15, 0.2) is 102 Å². The molecule has 0 N–H and O–H groups in total. The van der Waals surface area contributed by atoms with Gasteiger partial charge in [-0.25, -0.2) is 0 Å². The summed E-state index contributed by atoms with van der Waals surface area (Å²) in [7, 11) is -4.07. The topological polar surface area (TPSA) is 67.2 Å². The Hall–Kier alpha value is -3.92. The average Bonchev–Trinajstić information content (AvgIpc) is 3.31. The molecule has 0 unspecified atom stereocenters. The second-order valence-electron chi connectivity index (χ2n) is 7.85. The van der Waals surface area contributed by atoms with Gasteiger partial charge < -0.3 is 4.18 Å². The zero-order chi connectivity index (χ0) is 23.7. The molecule has 0 aliphatic heterocycles. The maximum absolute atomic E-state index is 13.2. The highest BCUT2D eigenvalue weighted by atomic mass is 32.2. The zero-order valence-corrected chi connectivity index (χ0v) is 19.9. The molecular formula is C28H19NO3S2. The van der Waals surface area contributed by atoms with Crippen molar-refractivity contribution in [2.24, 2.45) is 0 Å². The normalized spacial score (nSPS) is 11.3. The van der Waals surface area contributed by atoms with Crippen molar-refractivity contribution in [3.63, 3.8) is 0 Å². The Balaban J connectivity index is 1.75. The molecule has 1 heterocycles. The fourth-order valence-corrected chi connectivity index (χ4v) is 5.92. The molecule has 0 atom stereocenters. The van der Waals surface area contributed by atoms with Gasteiger partial charge in [0.2, 0.25) is 0 Å². The summed E-state index contributed by atoms with van der Waals surface area (Å²) in [6.07, 6.45) is 0. The van der Waals surface area contributed by atoms with Crippen molar-refractivity contribution >= 4 is 31.5 Å². The third kappa shape index (κ3) is 4.08. The van der Waals surface area contributed by atoms with E-state index in [9.17, 15) is 13.7 Å². The van der Waals surface area contributed by atoms with Crippen LogP contribution < -0.4 is 4.18 Å². The van der Waals surface area contributed by atoms with E-state index in [1.807, 2.05) is 73.7 Å². The quantitative estimate of drug-likeness (QED) is 0.249. The number of benzene rings is 4. The lowest BCUT2D eigenvalue weighted by atomic mass is 9.98. The van der Waals surface area contributed by atoms with Crippen LogP contribution in [0.4, 0.5) is 0 Å². The van der Waals surface area contributed by atoms with Gasteiger partial charge in [0, 0.05) is 15.8 Å². The molecule has 4 aromatic carbocycles. The summed E-state index contributed by atoms with van der Waals surface area (Å²) in [5.74, 6) is 0.201. The fourth-order valence-electron chi connectivity index (χ4n) is 3.80. The molecule has 0 radical (unpaired) electrons. The number of rotatable bonds is 5. The number of nitrogens with zero attached hydrogens (tertiary/aromatic N) is 1. The van der Waals surface area contributed by atoms with Crippen LogP contribution >= 0.6 is 11.3 Å². The molecule has 0 bridgehead atoms. The van der Waals surface area contributed by atoms with Crippen molar-refractivity contribution in [1.82, 2.24) is 0 Å². The van der Waals surface area contributed by atoms with Crippen molar-refractivity contribution in [1.29, 1.82) is 5.26 Å². The van der Waals surface area contributed by atoms with Crippen LogP contribution in [0.1, 0.15) is 11.1 Å². The number of aryl methyl sites for hydroxylation is 1. The van der Waals surface area contributed by atoms with Gasteiger partial charge in [0.05, 0.1) is 10.3 Å². The Labute approximate surface area is 202 Å². The van der Waals surface area contributed by atoms with Crippen LogP contribution in [0.2, 0.25) is 0 Å². The first-order chi connectivity index (χ1) is 16.5. The molecule has 5 rings (SSSR count). The van der Waals surface area contributed by atoms with E-state index in [0.29, 0.717) is 21.2 Å². The highest BCUT2D eigenvalue weighted by Gasteiger charge is 2.23. The maximum Gasteiger partial charge on any atom is 0.339 e. The molecule has 34 heavy (non-hydrogen) atoms. The minimum absolute atomic E-state index is 0.0791. The van der Waals surface area contributed by atoms with Crippen molar-refractivity contribution in [2.75, 3.05) is 0 Å². The number of hydrogen-bond donors (Lipinski definition) is 0. The Kier molecular flexibility index (Phi) is 5.66. The molecule has 0 saturated carbocycles. The second kappa shape index (κ2) is 8.79. The van der Waals surface area contributed by atoms with Crippen LogP contribution in [-0.2, 0) is 10.1 Å². The van der Waals surface area contributed by atoms with Crippen LogP contribution in [0.25, 0.3) is 31.7 Å². The summed E-state index contributed by atoms with van der Waals surface area (Å²) in [4.78, 5) is 1.00. The van der Waals surface area contributed by atoms with E-state index in [-0.39, 0.29) is 10.6 Å². The highest BCUT2D eigenvalue weighted by Crippen LogP contribution is 2.44. The van der Waals surface area contributed by atoms with Gasteiger partial charge in [-0.05, 0) is 42.3 Å². The lowest BCUT2D eigenvalue weighted by Crippen LogP contribution is -2.10. The van der Waals surface area contributed by atoms with Crippen molar-refractivity contribution in [2.45, 2.75) is 11.8 Å². The first kappa shape index (κ1) is 21.9. The Morgan fingerprint density at radius 1 is 0.824 bits per heavy atom. The first-order valence-corrected chi connectivity index (χ1v) is 12.8. The Bertz CT molecular complexity index is 1630. The lowest BCUT2D eigenvalue weighted by Gasteiger charge is -2.12. The summed E-state index contributed by atoms with van der Waals surface area (Å²) >= 11 is 1.45. The predicted octanol–water partition coefficient (Wildman–Crippen LogP) is 7.18. The molecular weight excluding hydrogens is 462 g/mol. The van der Waals surface area contributed by atoms with Crippen molar-refractivity contribution < 1.29 is 12.6 Å². The number of hydrogen-bond acceptors (Lipinski definition) is 5. The summed E-state index contributed by atoms with van der Waals surface area (Å²) < 4.78 is 32.7. The maximum atomic E-state index is 13.2. The minimum Gasteiger partial charge on any atom is -0.378 e. The van der Waals surface area contributed by atoms with E-state index in [1.165, 1.54) is 23.5 Å². The fraction of sp³-hybridized carbons (Fsp3) is 0.0357. The van der Waals surface area contributed by atoms with Crippen LogP contribution in [0, 0.1) is 18.3 Å². The first-order valence-electron chi connectivity index (χ1n) is 10.6. The molecule has 0 spiro atoms. The van der Waals surface area contributed by atoms with Gasteiger partial charge in [0.1, 0.15) is 11.0 Å². The smallest absolute Gasteiger partial charge is 0.339 e. The molecule has 6 heteroatoms. The largest absolute Gasteiger partial charge is 0.378 e. The van der Waals surface area contributed by atoms with Gasteiger partial charge in [-0.3, -0.25) is 0 Å². The van der Waals surface area contributed by atoms with E-state index < -0.39 is 10.1 Å². The second-order valence-corrected chi connectivity index (χ2v) is 10.4. The van der Waals surface area contributed by atoms with Gasteiger partial charge in [0.15, 0.2) is 5.75 Å². The molecule has 1 aromatic heterocycles. The van der Waals surface area contributed by atoms with E-state index >= 15 is 0 Å². The van der Waals surface area contributed by atoms with E-state index in [0.717, 1.165) is 21.6 Å². The molecule has 0 fully saturated rings. The summed E-state index contributed by atoms with van der Waals surface area (Å²) in [5, 5.41) is 10.7. The molecule has 0 aliphatic carbocycles. The number of thiophene rings is 1. The molecule has 0 saturated heterocycles. The van der Waals surface area contributed by atoms with E-state index in [2.05, 4.69) is 6.07 Å². The van der Waals surface area contributed by atoms with Crippen LogP contribution in [-0.4, -0.2) is 8.42 Å². The van der Waals surface area contributed by atoms with Gasteiger partial charge in [-0.15, -0.1) is 11.3 Å². The summed E-state index contributed by atoms with van der Waals surface area (Å²) in [6.45, 7) is 1.89. The van der Waals surface area contributed by atoms with Crippen LogP contribution in [0.5, 0.6) is 5.75 Å². The number of fused-ring (bicyclic) bond motifs is 1. The molecule has 5 aromatic rings. The molecule has 166 valence electrons. The predicted molar refractivity (Wildman–Crippen MR) is 136 cm³/mol. The average molecular weight is 482 g/mol. The van der Waals surface area contributed by atoms with Gasteiger partial charge in [0.25, 0.3) is 0 Å². The van der Waals surface area contributed by atoms with Gasteiger partial charge in [-0.1, -0.05) is 78.4 Å². The third-order valence-electron chi connectivity index (χ3n) is 5.53. The summed E-state index contributed by atoms with van der Waals surface area (Å²) in [6, 6.07) is 31.7. The molecule has 0 amide bonds. The lowest BCUT2D eigenvalue weighted by molar-refractivity contribution is 0.489. The van der Waals surface area contributed by atoms with Gasteiger partial charge >= 0.3 is 10.1 Å².